The summed E-state index contributed by atoms with van der Waals surface area (Å²) in [7, 11) is 0. The molecule has 2 aliphatic rings. The van der Waals surface area contributed by atoms with Crippen molar-refractivity contribution in [2.45, 2.75) is 38.1 Å². The van der Waals surface area contributed by atoms with Crippen molar-refractivity contribution >= 4 is 0 Å². The first kappa shape index (κ1) is 9.44. The minimum atomic E-state index is 0.330. The molecule has 2 rings (SSSR count). The summed E-state index contributed by atoms with van der Waals surface area (Å²) >= 11 is 0. The van der Waals surface area contributed by atoms with Gasteiger partial charge in [0, 0.05) is 25.7 Å². The van der Waals surface area contributed by atoms with Crippen LogP contribution < -0.4 is 0 Å². The fraction of sp³-hybridized carbons (Fsp3) is 1.00. The standard InChI is InChI=1S/C10H20N2O/c13-9-10-5-1-2-8-12(10)11-6-3-4-7-11/h10,13H,1-9H2. The number of piperidine rings is 1. The van der Waals surface area contributed by atoms with Crippen molar-refractivity contribution in [3.63, 3.8) is 0 Å². The number of hydrogen-bond donors (Lipinski definition) is 1. The molecule has 2 aliphatic heterocycles. The smallest absolute Gasteiger partial charge is 0.0600 e. The van der Waals surface area contributed by atoms with E-state index in [2.05, 4.69) is 10.0 Å². The van der Waals surface area contributed by atoms with Crippen molar-refractivity contribution < 1.29 is 5.11 Å². The Kier molecular flexibility index (Phi) is 3.19. The van der Waals surface area contributed by atoms with Crippen molar-refractivity contribution in [3.8, 4) is 0 Å². The number of hydrogen-bond acceptors (Lipinski definition) is 3. The zero-order valence-electron chi connectivity index (χ0n) is 8.28. The lowest BCUT2D eigenvalue weighted by Gasteiger charge is -2.40. The number of aliphatic hydroxyl groups excluding tert-OH is 1. The molecule has 13 heavy (non-hydrogen) atoms. The van der Waals surface area contributed by atoms with E-state index in [9.17, 15) is 5.11 Å². The number of aliphatic hydroxyl groups is 1. The minimum absolute atomic E-state index is 0.330. The Morgan fingerprint density at radius 1 is 1.00 bits per heavy atom. The molecular formula is C10H20N2O. The SMILES string of the molecule is OCC1CCCCN1N1CCCC1. The Morgan fingerprint density at radius 2 is 1.69 bits per heavy atom. The Hall–Kier alpha value is -0.120. The predicted octanol–water partition coefficient (Wildman–Crippen LogP) is 0.844. The number of rotatable bonds is 2. The molecule has 0 saturated carbocycles. The summed E-state index contributed by atoms with van der Waals surface area (Å²) in [5, 5.41) is 14.1. The molecule has 0 aromatic carbocycles. The van der Waals surface area contributed by atoms with Gasteiger partial charge in [0.1, 0.15) is 0 Å². The van der Waals surface area contributed by atoms with Gasteiger partial charge < -0.3 is 5.11 Å². The van der Waals surface area contributed by atoms with E-state index in [-0.39, 0.29) is 0 Å². The van der Waals surface area contributed by atoms with Crippen LogP contribution in [0.2, 0.25) is 0 Å². The highest BCUT2D eigenvalue weighted by Gasteiger charge is 2.28. The van der Waals surface area contributed by atoms with E-state index in [1.54, 1.807) is 0 Å². The van der Waals surface area contributed by atoms with E-state index >= 15 is 0 Å². The molecule has 3 nitrogen and oxygen atoms in total. The molecule has 0 spiro atoms. The molecule has 0 amide bonds. The molecule has 2 heterocycles. The summed E-state index contributed by atoms with van der Waals surface area (Å²) in [6.45, 7) is 3.90. The van der Waals surface area contributed by atoms with Crippen LogP contribution in [0.5, 0.6) is 0 Å². The van der Waals surface area contributed by atoms with Crippen molar-refractivity contribution in [2.24, 2.45) is 0 Å². The lowest BCUT2D eigenvalue weighted by Crippen LogP contribution is -2.51. The van der Waals surface area contributed by atoms with Gasteiger partial charge in [0.15, 0.2) is 0 Å². The summed E-state index contributed by atoms with van der Waals surface area (Å²) in [6, 6.07) is 0.409. The monoisotopic (exact) mass is 184 g/mol. The summed E-state index contributed by atoms with van der Waals surface area (Å²) in [5.41, 5.74) is 0. The maximum atomic E-state index is 9.25. The summed E-state index contributed by atoms with van der Waals surface area (Å²) in [6.07, 6.45) is 6.42. The Labute approximate surface area is 80.3 Å². The van der Waals surface area contributed by atoms with Gasteiger partial charge in [0.25, 0.3) is 0 Å². The van der Waals surface area contributed by atoms with Gasteiger partial charge in [0.2, 0.25) is 0 Å². The van der Waals surface area contributed by atoms with Crippen LogP contribution in [0.25, 0.3) is 0 Å². The number of hydrazine groups is 1. The van der Waals surface area contributed by atoms with Gasteiger partial charge >= 0.3 is 0 Å². The molecule has 1 unspecified atom stereocenters. The zero-order valence-corrected chi connectivity index (χ0v) is 8.28. The van der Waals surface area contributed by atoms with Crippen molar-refractivity contribution in [1.82, 2.24) is 10.0 Å². The molecule has 0 aliphatic carbocycles. The van der Waals surface area contributed by atoms with E-state index < -0.39 is 0 Å². The lowest BCUT2D eigenvalue weighted by molar-refractivity contribution is -0.0767. The highest BCUT2D eigenvalue weighted by atomic mass is 16.3. The maximum Gasteiger partial charge on any atom is 0.0600 e. The van der Waals surface area contributed by atoms with Gasteiger partial charge in [-0.3, -0.25) is 0 Å². The van der Waals surface area contributed by atoms with Crippen LogP contribution in [0.15, 0.2) is 0 Å². The molecule has 0 aromatic heterocycles. The minimum Gasteiger partial charge on any atom is -0.395 e. The van der Waals surface area contributed by atoms with Crippen LogP contribution in [-0.2, 0) is 0 Å². The van der Waals surface area contributed by atoms with Gasteiger partial charge in [-0.2, -0.15) is 0 Å². The first-order valence-electron chi connectivity index (χ1n) is 5.54. The maximum absolute atomic E-state index is 9.25. The lowest BCUT2D eigenvalue weighted by atomic mass is 10.0. The normalized spacial score (nSPS) is 32.5. The van der Waals surface area contributed by atoms with Crippen molar-refractivity contribution in [3.05, 3.63) is 0 Å². The third kappa shape index (κ3) is 2.03. The fourth-order valence-corrected chi connectivity index (χ4v) is 2.50. The summed E-state index contributed by atoms with van der Waals surface area (Å²) in [4.78, 5) is 0. The molecule has 1 N–H and O–H groups in total. The topological polar surface area (TPSA) is 26.7 Å². The second-order valence-electron chi connectivity index (χ2n) is 4.16. The van der Waals surface area contributed by atoms with Gasteiger partial charge in [-0.05, 0) is 25.7 Å². The summed E-state index contributed by atoms with van der Waals surface area (Å²) in [5.74, 6) is 0. The van der Waals surface area contributed by atoms with E-state index in [1.807, 2.05) is 0 Å². The average Bonchev–Trinajstić information content (AvgIpc) is 2.70. The molecule has 0 bridgehead atoms. The van der Waals surface area contributed by atoms with E-state index in [1.165, 1.54) is 45.2 Å². The van der Waals surface area contributed by atoms with Crippen LogP contribution >= 0.6 is 0 Å². The van der Waals surface area contributed by atoms with Crippen molar-refractivity contribution in [1.29, 1.82) is 0 Å². The van der Waals surface area contributed by atoms with E-state index in [0.29, 0.717) is 12.6 Å². The molecule has 3 heteroatoms. The largest absolute Gasteiger partial charge is 0.395 e. The number of nitrogens with zero attached hydrogens (tertiary/aromatic N) is 2. The van der Waals surface area contributed by atoms with Crippen LogP contribution in [0.3, 0.4) is 0 Å². The zero-order chi connectivity index (χ0) is 9.10. The molecule has 0 radical (unpaired) electrons. The van der Waals surface area contributed by atoms with Gasteiger partial charge in [-0.1, -0.05) is 6.42 Å². The molecule has 2 fully saturated rings. The highest BCUT2D eigenvalue weighted by Crippen LogP contribution is 2.21. The fourth-order valence-electron chi connectivity index (χ4n) is 2.50. The van der Waals surface area contributed by atoms with Crippen LogP contribution in [0.4, 0.5) is 0 Å². The first-order valence-corrected chi connectivity index (χ1v) is 5.54. The van der Waals surface area contributed by atoms with Crippen LogP contribution in [0, 0.1) is 0 Å². The van der Waals surface area contributed by atoms with E-state index in [4.69, 9.17) is 0 Å². The molecular weight excluding hydrogens is 164 g/mol. The molecule has 1 atom stereocenters. The Balaban J connectivity index is 1.93. The molecule has 2 saturated heterocycles. The second kappa shape index (κ2) is 4.40. The summed E-state index contributed by atoms with van der Waals surface area (Å²) < 4.78 is 0. The molecule has 0 aromatic rings. The van der Waals surface area contributed by atoms with Crippen LogP contribution in [0.1, 0.15) is 32.1 Å². The highest BCUT2D eigenvalue weighted by molar-refractivity contribution is 4.77. The Morgan fingerprint density at radius 3 is 2.38 bits per heavy atom. The third-order valence-corrected chi connectivity index (χ3v) is 3.25. The van der Waals surface area contributed by atoms with Gasteiger partial charge in [0.05, 0.1) is 6.61 Å². The van der Waals surface area contributed by atoms with Crippen LogP contribution in [-0.4, -0.2) is 47.4 Å². The quantitative estimate of drug-likeness (QED) is 0.689. The first-order chi connectivity index (χ1) is 6.42. The van der Waals surface area contributed by atoms with Gasteiger partial charge in [-0.15, -0.1) is 0 Å². The molecule has 76 valence electrons. The predicted molar refractivity (Wildman–Crippen MR) is 52.2 cm³/mol. The average molecular weight is 184 g/mol. The van der Waals surface area contributed by atoms with Crippen molar-refractivity contribution in [2.75, 3.05) is 26.2 Å². The van der Waals surface area contributed by atoms with Gasteiger partial charge in [-0.25, -0.2) is 10.0 Å². The second-order valence-corrected chi connectivity index (χ2v) is 4.16. The van der Waals surface area contributed by atoms with E-state index in [0.717, 1.165) is 6.54 Å². The Bertz CT molecular complexity index is 155. The third-order valence-electron chi connectivity index (χ3n) is 3.25.